The largest absolute Gasteiger partial charge is 0.297 e. The maximum absolute atomic E-state index is 12.2. The van der Waals surface area contributed by atoms with E-state index in [1.807, 2.05) is 12.1 Å². The van der Waals surface area contributed by atoms with Gasteiger partial charge in [0.15, 0.2) is 0 Å². The molecule has 10 heteroatoms. The van der Waals surface area contributed by atoms with Crippen molar-refractivity contribution in [1.82, 2.24) is 34.3 Å². The van der Waals surface area contributed by atoms with E-state index >= 15 is 0 Å². The fourth-order valence-electron chi connectivity index (χ4n) is 2.19. The first-order valence-electron chi connectivity index (χ1n) is 7.30. The zero-order chi connectivity index (χ0) is 17.2. The van der Waals surface area contributed by atoms with E-state index < -0.39 is 5.91 Å². The van der Waals surface area contributed by atoms with Crippen LogP contribution in [-0.4, -0.2) is 40.3 Å². The van der Waals surface area contributed by atoms with Crippen LogP contribution in [-0.2, 0) is 6.54 Å². The van der Waals surface area contributed by atoms with Gasteiger partial charge in [-0.2, -0.15) is 4.98 Å². The van der Waals surface area contributed by atoms with E-state index in [9.17, 15) is 4.79 Å². The summed E-state index contributed by atoms with van der Waals surface area (Å²) in [6.07, 6.45) is 4.76. The Morgan fingerprint density at radius 1 is 1.16 bits per heavy atom. The molecule has 4 rings (SSSR count). The van der Waals surface area contributed by atoms with Crippen LogP contribution in [0.2, 0.25) is 5.02 Å². The Bertz CT molecular complexity index is 1010. The van der Waals surface area contributed by atoms with Crippen molar-refractivity contribution in [2.75, 3.05) is 5.32 Å². The van der Waals surface area contributed by atoms with Crippen molar-refractivity contribution in [3.8, 4) is 0 Å². The smallest absolute Gasteiger partial charge is 0.286 e. The van der Waals surface area contributed by atoms with Gasteiger partial charge in [-0.1, -0.05) is 23.7 Å². The van der Waals surface area contributed by atoms with Gasteiger partial charge in [-0.25, -0.2) is 19.2 Å². The number of halogens is 1. The third-order valence-corrected chi connectivity index (χ3v) is 3.59. The fourth-order valence-corrected chi connectivity index (χ4v) is 2.32. The van der Waals surface area contributed by atoms with E-state index in [0.717, 1.165) is 5.56 Å². The van der Waals surface area contributed by atoms with Crippen LogP contribution >= 0.6 is 11.6 Å². The predicted molar refractivity (Wildman–Crippen MR) is 89.3 cm³/mol. The van der Waals surface area contributed by atoms with Crippen molar-refractivity contribution in [2.24, 2.45) is 0 Å². The minimum Gasteiger partial charge on any atom is -0.286 e. The molecule has 0 saturated heterocycles. The third-order valence-electron chi connectivity index (χ3n) is 3.34. The highest BCUT2D eigenvalue weighted by Crippen LogP contribution is 2.11. The van der Waals surface area contributed by atoms with Gasteiger partial charge in [0.05, 0.1) is 6.54 Å². The van der Waals surface area contributed by atoms with E-state index in [2.05, 4.69) is 30.5 Å². The molecule has 1 N–H and O–H groups in total. The Morgan fingerprint density at radius 3 is 2.80 bits per heavy atom. The van der Waals surface area contributed by atoms with Gasteiger partial charge < -0.3 is 0 Å². The summed E-state index contributed by atoms with van der Waals surface area (Å²) in [6.45, 7) is 0.510. The summed E-state index contributed by atoms with van der Waals surface area (Å²) in [4.78, 5) is 24.3. The van der Waals surface area contributed by atoms with Crippen LogP contribution < -0.4 is 5.32 Å². The second-order valence-electron chi connectivity index (χ2n) is 5.15. The summed E-state index contributed by atoms with van der Waals surface area (Å²) in [6, 6.07) is 9.11. The molecule has 0 atom stereocenters. The maximum Gasteiger partial charge on any atom is 0.297 e. The Hall–Kier alpha value is -3.33. The zero-order valence-electron chi connectivity index (χ0n) is 12.7. The van der Waals surface area contributed by atoms with Crippen molar-refractivity contribution < 1.29 is 4.79 Å². The van der Waals surface area contributed by atoms with Crippen LogP contribution in [0.3, 0.4) is 0 Å². The van der Waals surface area contributed by atoms with Crippen molar-refractivity contribution >= 4 is 29.2 Å². The number of benzene rings is 1. The molecule has 0 saturated carbocycles. The molecule has 0 unspecified atom stereocenters. The Kier molecular flexibility index (Phi) is 3.82. The minimum absolute atomic E-state index is 0.00671. The standard InChI is InChI=1S/C15H11ClN8O/c16-11-4-2-10(3-5-11)8-23-9-18-14(22-23)20-13(25)12-19-15-17-6-1-7-24(15)21-12/h1-7,9H,8H2,(H,20,22,25). The third kappa shape index (κ3) is 3.31. The number of hydrogen-bond donors (Lipinski definition) is 1. The maximum atomic E-state index is 12.2. The molecule has 0 bridgehead atoms. The first-order valence-corrected chi connectivity index (χ1v) is 7.68. The molecule has 124 valence electrons. The van der Waals surface area contributed by atoms with Crippen molar-refractivity contribution in [1.29, 1.82) is 0 Å². The highest BCUT2D eigenvalue weighted by atomic mass is 35.5. The monoisotopic (exact) mass is 354 g/mol. The number of carbonyl (C=O) groups excluding carboxylic acids is 1. The summed E-state index contributed by atoms with van der Waals surface area (Å²) in [7, 11) is 0. The molecular weight excluding hydrogens is 344 g/mol. The average molecular weight is 355 g/mol. The first kappa shape index (κ1) is 15.2. The molecule has 0 aliphatic heterocycles. The summed E-state index contributed by atoms with van der Waals surface area (Å²) in [5.74, 6) is 0.00199. The predicted octanol–water partition coefficient (Wildman–Crippen LogP) is 1.67. The number of aromatic nitrogens is 7. The van der Waals surface area contributed by atoms with Crippen LogP contribution in [0.5, 0.6) is 0 Å². The molecule has 0 aliphatic carbocycles. The van der Waals surface area contributed by atoms with Crippen molar-refractivity contribution in [2.45, 2.75) is 6.54 Å². The molecule has 0 fully saturated rings. The lowest BCUT2D eigenvalue weighted by atomic mass is 10.2. The molecule has 9 nitrogen and oxygen atoms in total. The van der Waals surface area contributed by atoms with E-state index in [0.29, 0.717) is 17.3 Å². The Balaban J connectivity index is 1.46. The van der Waals surface area contributed by atoms with Crippen LogP contribution in [0.25, 0.3) is 5.78 Å². The quantitative estimate of drug-likeness (QED) is 0.598. The number of anilines is 1. The van der Waals surface area contributed by atoms with E-state index in [4.69, 9.17) is 11.6 Å². The van der Waals surface area contributed by atoms with Crippen LogP contribution in [0.1, 0.15) is 16.2 Å². The lowest BCUT2D eigenvalue weighted by Gasteiger charge is -2.01. The highest BCUT2D eigenvalue weighted by molar-refractivity contribution is 6.30. The molecule has 4 aromatic rings. The Labute approximate surface area is 146 Å². The summed E-state index contributed by atoms with van der Waals surface area (Å²) in [5.41, 5.74) is 1.01. The van der Waals surface area contributed by atoms with Gasteiger partial charge in [-0.15, -0.1) is 10.2 Å². The number of carbonyl (C=O) groups is 1. The number of fused-ring (bicyclic) bond motifs is 1. The second-order valence-corrected chi connectivity index (χ2v) is 5.58. The first-order chi connectivity index (χ1) is 12.2. The minimum atomic E-state index is -0.505. The SMILES string of the molecule is O=C(Nc1ncn(Cc2ccc(Cl)cc2)n1)c1nc2ncccn2n1. The number of rotatable bonds is 4. The van der Waals surface area contributed by atoms with E-state index in [-0.39, 0.29) is 11.8 Å². The molecule has 0 spiro atoms. The zero-order valence-corrected chi connectivity index (χ0v) is 13.5. The number of hydrogen-bond acceptors (Lipinski definition) is 6. The molecular formula is C15H11ClN8O. The summed E-state index contributed by atoms with van der Waals surface area (Å²) >= 11 is 5.86. The van der Waals surface area contributed by atoms with E-state index in [1.165, 1.54) is 10.8 Å². The van der Waals surface area contributed by atoms with Gasteiger partial charge in [-0.05, 0) is 23.8 Å². The molecule has 25 heavy (non-hydrogen) atoms. The molecule has 1 aromatic carbocycles. The molecule has 0 radical (unpaired) electrons. The lowest BCUT2D eigenvalue weighted by Crippen LogP contribution is -2.15. The highest BCUT2D eigenvalue weighted by Gasteiger charge is 2.15. The molecule has 3 heterocycles. The van der Waals surface area contributed by atoms with Gasteiger partial charge in [0.25, 0.3) is 11.7 Å². The Morgan fingerprint density at radius 2 is 2.00 bits per heavy atom. The fraction of sp³-hybridized carbons (Fsp3) is 0.0667. The number of nitrogens with zero attached hydrogens (tertiary/aromatic N) is 7. The van der Waals surface area contributed by atoms with Crippen LogP contribution in [0, 0.1) is 0 Å². The van der Waals surface area contributed by atoms with Gasteiger partial charge in [-0.3, -0.25) is 10.1 Å². The van der Waals surface area contributed by atoms with Crippen molar-refractivity contribution in [3.63, 3.8) is 0 Å². The molecule has 1 amide bonds. The van der Waals surface area contributed by atoms with Gasteiger partial charge in [0.1, 0.15) is 6.33 Å². The normalized spacial score (nSPS) is 10.9. The summed E-state index contributed by atoms with van der Waals surface area (Å²) in [5, 5.41) is 11.5. The van der Waals surface area contributed by atoms with E-state index in [1.54, 1.807) is 35.3 Å². The number of nitrogens with one attached hydrogen (secondary N) is 1. The lowest BCUT2D eigenvalue weighted by molar-refractivity contribution is 0.101. The van der Waals surface area contributed by atoms with Gasteiger partial charge >= 0.3 is 0 Å². The van der Waals surface area contributed by atoms with Gasteiger partial charge in [0, 0.05) is 17.4 Å². The van der Waals surface area contributed by atoms with Crippen molar-refractivity contribution in [3.05, 3.63) is 65.5 Å². The van der Waals surface area contributed by atoms with Gasteiger partial charge in [0.2, 0.25) is 11.8 Å². The molecule has 3 aromatic heterocycles. The molecule has 0 aliphatic rings. The summed E-state index contributed by atoms with van der Waals surface area (Å²) < 4.78 is 3.03. The number of amides is 1. The average Bonchev–Trinajstić information content (AvgIpc) is 3.23. The second kappa shape index (κ2) is 6.29. The topological polar surface area (TPSA) is 103 Å². The van der Waals surface area contributed by atoms with Crippen LogP contribution in [0.15, 0.2) is 49.1 Å². The van der Waals surface area contributed by atoms with Crippen LogP contribution in [0.4, 0.5) is 5.95 Å².